The first-order chi connectivity index (χ1) is 6.95. The van der Waals surface area contributed by atoms with Crippen LogP contribution in [0.25, 0.3) is 0 Å². The lowest BCUT2D eigenvalue weighted by Gasteiger charge is -2.15. The zero-order valence-corrected chi connectivity index (χ0v) is 10.3. The van der Waals surface area contributed by atoms with Crippen LogP contribution in [0, 0.1) is 5.92 Å². The molecule has 4 heteroatoms. The van der Waals surface area contributed by atoms with Crippen LogP contribution in [0.4, 0.5) is 0 Å². The Balaban J connectivity index is 5.14. The van der Waals surface area contributed by atoms with E-state index in [1.54, 1.807) is 6.92 Å². The Labute approximate surface area is 91.3 Å². The van der Waals surface area contributed by atoms with Crippen molar-refractivity contribution in [3.63, 3.8) is 0 Å². The summed E-state index contributed by atoms with van der Waals surface area (Å²) in [7, 11) is 1.48. The Morgan fingerprint density at radius 3 is 2.07 bits per heavy atom. The molecule has 0 radical (unpaired) electrons. The van der Waals surface area contributed by atoms with Gasteiger partial charge in [0.2, 0.25) is 0 Å². The molecule has 1 unspecified atom stereocenters. The first-order valence-corrected chi connectivity index (χ1v) is 4.89. The fourth-order valence-electron chi connectivity index (χ4n) is 1.25. The number of nitrogens with zero attached hydrogens (tertiary/aromatic N) is 2. The highest BCUT2D eigenvalue weighted by Crippen LogP contribution is 2.17. The lowest BCUT2D eigenvalue weighted by Crippen LogP contribution is -2.21. The highest BCUT2D eigenvalue weighted by atomic mass is 16.6. The van der Waals surface area contributed by atoms with Gasteiger partial charge in [-0.2, -0.15) is 0 Å². The fourth-order valence-corrected chi connectivity index (χ4v) is 1.25. The van der Waals surface area contributed by atoms with Gasteiger partial charge in [-0.05, 0) is 27.7 Å². The first kappa shape index (κ1) is 13.7. The summed E-state index contributed by atoms with van der Waals surface area (Å²) in [5.74, 6) is 0.0887. The van der Waals surface area contributed by atoms with E-state index in [4.69, 9.17) is 10.0 Å². The molecule has 0 aromatic carbocycles. The zero-order chi connectivity index (χ0) is 12.0. The largest absolute Gasteiger partial charge is 0.411 e. The predicted octanol–water partition coefficient (Wildman–Crippen LogP) is 2.83. The van der Waals surface area contributed by atoms with Crippen molar-refractivity contribution in [2.45, 2.75) is 34.6 Å². The number of allylic oxidation sites excluding steroid dienone is 2. The van der Waals surface area contributed by atoms with Crippen molar-refractivity contribution >= 4 is 11.4 Å². The minimum atomic E-state index is 0.0887. The Morgan fingerprint density at radius 1 is 1.20 bits per heavy atom. The van der Waals surface area contributed by atoms with E-state index >= 15 is 0 Å². The van der Waals surface area contributed by atoms with Gasteiger partial charge in [-0.15, -0.1) is 0 Å². The highest BCUT2D eigenvalue weighted by molar-refractivity contribution is 6.42. The second-order valence-electron chi connectivity index (χ2n) is 3.75. The molecule has 15 heavy (non-hydrogen) atoms. The maximum Gasteiger partial charge on any atom is 0.111 e. The molecule has 0 aliphatic rings. The molecular weight excluding hydrogens is 192 g/mol. The topological polar surface area (TPSA) is 54.2 Å². The molecule has 0 saturated carbocycles. The van der Waals surface area contributed by atoms with Gasteiger partial charge in [-0.1, -0.05) is 28.4 Å². The van der Waals surface area contributed by atoms with Gasteiger partial charge in [0.15, 0.2) is 0 Å². The lowest BCUT2D eigenvalue weighted by atomic mass is 9.92. The molecule has 4 nitrogen and oxygen atoms in total. The Morgan fingerprint density at radius 2 is 1.73 bits per heavy atom. The summed E-state index contributed by atoms with van der Waals surface area (Å²) in [6, 6.07) is 0. The van der Waals surface area contributed by atoms with Crippen molar-refractivity contribution in [1.82, 2.24) is 0 Å². The van der Waals surface area contributed by atoms with Gasteiger partial charge >= 0.3 is 0 Å². The van der Waals surface area contributed by atoms with Crippen molar-refractivity contribution in [1.29, 1.82) is 0 Å². The molecular formula is C11H20N2O2. The molecule has 0 amide bonds. The average Bonchev–Trinajstić information content (AvgIpc) is 2.22. The maximum atomic E-state index is 8.74. The summed E-state index contributed by atoms with van der Waals surface area (Å²) < 4.78 is 0. The predicted molar refractivity (Wildman–Crippen MR) is 62.6 cm³/mol. The van der Waals surface area contributed by atoms with E-state index in [9.17, 15) is 0 Å². The summed E-state index contributed by atoms with van der Waals surface area (Å²) in [6.07, 6.45) is 0. The van der Waals surface area contributed by atoms with Crippen molar-refractivity contribution in [2.75, 3.05) is 7.11 Å². The maximum absolute atomic E-state index is 8.74. The van der Waals surface area contributed by atoms with Crippen LogP contribution in [0.3, 0.4) is 0 Å². The number of rotatable bonds is 4. The van der Waals surface area contributed by atoms with E-state index in [0.717, 1.165) is 0 Å². The summed E-state index contributed by atoms with van der Waals surface area (Å²) in [4.78, 5) is 4.75. The quantitative estimate of drug-likeness (QED) is 0.337. The molecule has 0 heterocycles. The molecule has 1 N–H and O–H groups in total. The van der Waals surface area contributed by atoms with Crippen molar-refractivity contribution < 1.29 is 10.0 Å². The van der Waals surface area contributed by atoms with Crippen molar-refractivity contribution in [3.8, 4) is 0 Å². The number of hydrogen-bond acceptors (Lipinski definition) is 4. The van der Waals surface area contributed by atoms with E-state index in [1.165, 1.54) is 18.3 Å². The first-order valence-electron chi connectivity index (χ1n) is 4.89. The standard InChI is InChI=1S/C11H20N2O2/c1-7(2)8(3)9(4)11(13-15-6)10(5)12-14/h9,14H,1-6H3/b12-10+,13-11-. The summed E-state index contributed by atoms with van der Waals surface area (Å²) in [6.45, 7) is 9.83. The molecule has 1 atom stereocenters. The Bertz CT molecular complexity index is 300. The monoisotopic (exact) mass is 212 g/mol. The van der Waals surface area contributed by atoms with Crippen LogP contribution in [-0.2, 0) is 4.84 Å². The second-order valence-corrected chi connectivity index (χ2v) is 3.75. The smallest absolute Gasteiger partial charge is 0.111 e. The molecule has 0 aliphatic heterocycles. The van der Waals surface area contributed by atoms with Gasteiger partial charge in [0.25, 0.3) is 0 Å². The SMILES string of the molecule is CO/N=C(\C(C)=N\O)C(C)C(C)=C(C)C. The van der Waals surface area contributed by atoms with E-state index in [1.807, 2.05) is 27.7 Å². The fraction of sp³-hybridized carbons (Fsp3) is 0.636. The minimum Gasteiger partial charge on any atom is -0.411 e. The molecule has 0 spiro atoms. The molecule has 0 aromatic rings. The number of oxime groups is 2. The van der Waals surface area contributed by atoms with Gasteiger partial charge in [0.1, 0.15) is 18.5 Å². The van der Waals surface area contributed by atoms with Crippen LogP contribution >= 0.6 is 0 Å². The van der Waals surface area contributed by atoms with Crippen LogP contribution in [0.1, 0.15) is 34.6 Å². The van der Waals surface area contributed by atoms with E-state index in [-0.39, 0.29) is 5.92 Å². The molecule has 0 fully saturated rings. The lowest BCUT2D eigenvalue weighted by molar-refractivity contribution is 0.212. The Kier molecular flexibility index (Phi) is 5.67. The molecule has 0 aromatic heterocycles. The van der Waals surface area contributed by atoms with Crippen LogP contribution < -0.4 is 0 Å². The molecule has 0 bridgehead atoms. The van der Waals surface area contributed by atoms with Crippen molar-refractivity contribution in [2.24, 2.45) is 16.2 Å². The normalized spacial score (nSPS) is 14.8. The van der Waals surface area contributed by atoms with Gasteiger partial charge in [-0.3, -0.25) is 0 Å². The molecule has 0 aliphatic carbocycles. The molecule has 0 saturated heterocycles. The third-order valence-corrected chi connectivity index (χ3v) is 2.56. The van der Waals surface area contributed by atoms with E-state index < -0.39 is 0 Å². The van der Waals surface area contributed by atoms with Crippen LogP contribution in [0.5, 0.6) is 0 Å². The van der Waals surface area contributed by atoms with E-state index in [2.05, 4.69) is 10.3 Å². The molecule has 86 valence electrons. The van der Waals surface area contributed by atoms with Gasteiger partial charge in [0, 0.05) is 5.92 Å². The van der Waals surface area contributed by atoms with Gasteiger partial charge < -0.3 is 10.0 Å². The third kappa shape index (κ3) is 3.73. The Hall–Kier alpha value is -1.32. The summed E-state index contributed by atoms with van der Waals surface area (Å²) in [5, 5.41) is 15.8. The summed E-state index contributed by atoms with van der Waals surface area (Å²) >= 11 is 0. The highest BCUT2D eigenvalue weighted by Gasteiger charge is 2.17. The zero-order valence-electron chi connectivity index (χ0n) is 10.3. The minimum absolute atomic E-state index is 0.0887. The third-order valence-electron chi connectivity index (χ3n) is 2.56. The van der Waals surface area contributed by atoms with Crippen LogP contribution in [-0.4, -0.2) is 23.7 Å². The van der Waals surface area contributed by atoms with E-state index in [0.29, 0.717) is 11.4 Å². The average molecular weight is 212 g/mol. The van der Waals surface area contributed by atoms with Crippen molar-refractivity contribution in [3.05, 3.63) is 11.1 Å². The van der Waals surface area contributed by atoms with Crippen LogP contribution in [0.2, 0.25) is 0 Å². The van der Waals surface area contributed by atoms with Crippen LogP contribution in [0.15, 0.2) is 21.5 Å². The second kappa shape index (κ2) is 6.22. The van der Waals surface area contributed by atoms with Gasteiger partial charge in [-0.25, -0.2) is 0 Å². The molecule has 0 rings (SSSR count). The number of hydrogen-bond donors (Lipinski definition) is 1. The summed E-state index contributed by atoms with van der Waals surface area (Å²) in [5.41, 5.74) is 3.56. The van der Waals surface area contributed by atoms with Gasteiger partial charge in [0.05, 0.1) is 0 Å².